The Hall–Kier alpha value is -1.20. The van der Waals surface area contributed by atoms with Gasteiger partial charge in [0, 0.05) is 0 Å². The van der Waals surface area contributed by atoms with Gasteiger partial charge in [0.05, 0.1) is 0 Å². The molecule has 0 unspecified atom stereocenters. The van der Waals surface area contributed by atoms with Crippen molar-refractivity contribution >= 4 is 25.8 Å². The van der Waals surface area contributed by atoms with E-state index >= 15 is 0 Å². The summed E-state index contributed by atoms with van der Waals surface area (Å²) < 4.78 is 0. The predicted octanol–water partition coefficient (Wildman–Crippen LogP) is 1.03. The molecule has 48 valence electrons. The van der Waals surface area contributed by atoms with Crippen molar-refractivity contribution < 1.29 is 0 Å². The molecule has 0 saturated carbocycles. The van der Waals surface area contributed by atoms with Crippen molar-refractivity contribution in [1.29, 1.82) is 0 Å². The molecule has 0 bridgehead atoms. The molecule has 0 aliphatic carbocycles. The summed E-state index contributed by atoms with van der Waals surface area (Å²) in [6, 6.07) is 12.0. The summed E-state index contributed by atoms with van der Waals surface area (Å²) >= 11 is 0. The number of fused-ring (bicyclic) bond motifs is 1. The molecular formula is C9H6BeN+. The number of rotatable bonds is 0. The van der Waals surface area contributed by atoms with Crippen LogP contribution in [-0.2, 0) is 0 Å². The number of pyridine rings is 1. The van der Waals surface area contributed by atoms with Crippen molar-refractivity contribution in [3.05, 3.63) is 36.4 Å². The van der Waals surface area contributed by atoms with E-state index in [1.165, 1.54) is 5.39 Å². The molecule has 0 saturated heterocycles. The molecule has 1 aromatic carbocycles. The topological polar surface area (TPSA) is 12.9 Å². The van der Waals surface area contributed by atoms with Gasteiger partial charge in [0.25, 0.3) is 0 Å². The molecule has 0 radical (unpaired) electrons. The first-order valence-corrected chi connectivity index (χ1v) is 3.54. The van der Waals surface area contributed by atoms with Gasteiger partial charge in [-0.3, -0.25) is 0 Å². The Morgan fingerprint density at radius 2 is 1.82 bits per heavy atom. The van der Waals surface area contributed by atoms with Crippen LogP contribution in [-0.4, -0.2) is 14.4 Å². The first kappa shape index (κ1) is 6.51. The van der Waals surface area contributed by atoms with E-state index in [-0.39, 0.29) is 0 Å². The molecule has 1 heterocycles. The number of para-hydroxylation sites is 1. The van der Waals surface area contributed by atoms with Crippen molar-refractivity contribution in [2.75, 3.05) is 0 Å². The van der Waals surface area contributed by atoms with Crippen molar-refractivity contribution in [1.82, 2.24) is 4.98 Å². The average Bonchev–Trinajstić information content (AvgIpc) is 2.04. The number of hydrogen-bond acceptors (Lipinski definition) is 1. The minimum absolute atomic E-state index is 0.823. The van der Waals surface area contributed by atoms with Crippen molar-refractivity contribution in [2.24, 2.45) is 0 Å². The molecule has 0 spiro atoms. The van der Waals surface area contributed by atoms with Crippen LogP contribution in [0.25, 0.3) is 10.9 Å². The third-order valence-corrected chi connectivity index (χ3v) is 1.66. The zero-order valence-corrected chi connectivity index (χ0v) is 6.12. The fourth-order valence-electron chi connectivity index (χ4n) is 1.11. The van der Waals surface area contributed by atoms with Gasteiger partial charge in [-0.2, -0.15) is 0 Å². The molecular weight excluding hydrogens is 131 g/mol. The summed E-state index contributed by atoms with van der Waals surface area (Å²) in [5, 5.41) is 1.17. The summed E-state index contributed by atoms with van der Waals surface area (Å²) in [7, 11) is 3.76. The van der Waals surface area contributed by atoms with E-state index in [0.717, 1.165) is 10.9 Å². The van der Waals surface area contributed by atoms with Gasteiger partial charge in [0.1, 0.15) is 0 Å². The molecule has 0 atom stereocenters. The summed E-state index contributed by atoms with van der Waals surface area (Å²) in [5.74, 6) is 0. The van der Waals surface area contributed by atoms with E-state index in [9.17, 15) is 0 Å². The molecule has 0 aliphatic rings. The quantitative estimate of drug-likeness (QED) is 0.494. The van der Waals surface area contributed by atoms with Crippen LogP contribution in [0.2, 0.25) is 0 Å². The van der Waals surface area contributed by atoms with E-state index < -0.39 is 0 Å². The molecule has 11 heavy (non-hydrogen) atoms. The van der Waals surface area contributed by atoms with E-state index in [1.807, 2.05) is 36.4 Å². The Bertz CT molecular complexity index is 384. The van der Waals surface area contributed by atoms with Gasteiger partial charge >= 0.3 is 67.1 Å². The number of nitrogens with zero attached hydrogens (tertiary/aromatic N) is 1. The first-order valence-electron chi connectivity index (χ1n) is 3.54. The average molecular weight is 137 g/mol. The fraction of sp³-hybridized carbons (Fsp3) is 0. The third-order valence-electron chi connectivity index (χ3n) is 1.66. The standard InChI is InChI=1S/C9H6N.Be/c1-2-6-9-8(4-1)5-3-7-10-9;/h1-6H;/q;+1. The Morgan fingerprint density at radius 1 is 1.00 bits per heavy atom. The molecule has 2 aromatic rings. The maximum absolute atomic E-state index is 4.26. The summed E-state index contributed by atoms with van der Waals surface area (Å²) in [6.45, 7) is 0. The van der Waals surface area contributed by atoms with E-state index in [0.29, 0.717) is 0 Å². The Labute approximate surface area is 67.8 Å². The van der Waals surface area contributed by atoms with Crippen LogP contribution in [0.5, 0.6) is 0 Å². The van der Waals surface area contributed by atoms with Crippen LogP contribution >= 0.6 is 0 Å². The second kappa shape index (κ2) is 2.44. The Kier molecular flexibility index (Phi) is 1.45. The van der Waals surface area contributed by atoms with Crippen LogP contribution in [0.4, 0.5) is 0 Å². The maximum atomic E-state index is 4.26. The minimum atomic E-state index is 0.823. The summed E-state index contributed by atoms with van der Waals surface area (Å²) in [5.41, 5.74) is 1.84. The number of aromatic nitrogens is 1. The second-order valence-corrected chi connectivity index (χ2v) is 2.50. The number of benzene rings is 1. The SMILES string of the molecule is [Be+][c]1ccc2ccccc2n1. The fourth-order valence-corrected chi connectivity index (χ4v) is 1.11. The molecule has 0 fully saturated rings. The van der Waals surface area contributed by atoms with Gasteiger partial charge in [-0.25, -0.2) is 0 Å². The van der Waals surface area contributed by atoms with Gasteiger partial charge in [-0.05, 0) is 0 Å². The van der Waals surface area contributed by atoms with Crippen LogP contribution < -0.4 is 5.41 Å². The number of hydrogen-bond donors (Lipinski definition) is 0. The van der Waals surface area contributed by atoms with Gasteiger partial charge in [-0.1, -0.05) is 0 Å². The van der Waals surface area contributed by atoms with E-state index in [1.54, 1.807) is 0 Å². The Morgan fingerprint density at radius 3 is 2.73 bits per heavy atom. The normalized spacial score (nSPS) is 10.4. The van der Waals surface area contributed by atoms with Crippen molar-refractivity contribution in [3.63, 3.8) is 0 Å². The predicted molar refractivity (Wildman–Crippen MR) is 47.1 cm³/mol. The molecule has 0 amide bonds. The molecule has 2 rings (SSSR count). The molecule has 1 aromatic heterocycles. The van der Waals surface area contributed by atoms with E-state index in [2.05, 4.69) is 14.4 Å². The summed E-state index contributed by atoms with van der Waals surface area (Å²) in [6.07, 6.45) is 0. The van der Waals surface area contributed by atoms with Crippen molar-refractivity contribution in [2.45, 2.75) is 0 Å². The van der Waals surface area contributed by atoms with Gasteiger partial charge in [-0.15, -0.1) is 0 Å². The van der Waals surface area contributed by atoms with Gasteiger partial charge in [0.15, 0.2) is 0 Å². The zero-order valence-electron chi connectivity index (χ0n) is 6.12. The molecule has 0 N–H and O–H groups in total. The van der Waals surface area contributed by atoms with Crippen LogP contribution in [0, 0.1) is 0 Å². The van der Waals surface area contributed by atoms with Crippen LogP contribution in [0.15, 0.2) is 36.4 Å². The zero-order chi connectivity index (χ0) is 7.68. The van der Waals surface area contributed by atoms with E-state index in [4.69, 9.17) is 0 Å². The molecule has 0 aliphatic heterocycles. The Balaban J connectivity index is 2.83. The third kappa shape index (κ3) is 1.15. The monoisotopic (exact) mass is 137 g/mol. The molecule has 2 heteroatoms. The second-order valence-electron chi connectivity index (χ2n) is 2.50. The first-order chi connectivity index (χ1) is 5.36. The van der Waals surface area contributed by atoms with Crippen LogP contribution in [0.1, 0.15) is 0 Å². The summed E-state index contributed by atoms with van der Waals surface area (Å²) in [4.78, 5) is 4.26. The van der Waals surface area contributed by atoms with Gasteiger partial charge in [0.2, 0.25) is 0 Å². The van der Waals surface area contributed by atoms with Gasteiger partial charge < -0.3 is 0 Å². The van der Waals surface area contributed by atoms with Crippen molar-refractivity contribution in [3.8, 4) is 0 Å². The van der Waals surface area contributed by atoms with Crippen LogP contribution in [0.3, 0.4) is 0 Å². The molecule has 1 nitrogen and oxygen atoms in total.